The molecular formula is C20H24N4OS2. The number of para-hydroxylation sites is 1. The van der Waals surface area contributed by atoms with Crippen LogP contribution in [0.4, 0.5) is 0 Å². The largest absolute Gasteiger partial charge is 0.356 e. The van der Waals surface area contributed by atoms with E-state index in [0.717, 1.165) is 27.8 Å². The second-order valence-electron chi connectivity index (χ2n) is 8.04. The first-order valence-corrected chi connectivity index (χ1v) is 11.0. The first-order valence-electron chi connectivity index (χ1n) is 9.16. The zero-order valence-electron chi connectivity index (χ0n) is 16.1. The highest BCUT2D eigenvalue weighted by atomic mass is 32.2. The molecular weight excluding hydrogens is 376 g/mol. The first kappa shape index (κ1) is 18.5. The zero-order valence-corrected chi connectivity index (χ0v) is 17.7. The Bertz CT molecular complexity index is 985. The van der Waals surface area contributed by atoms with Gasteiger partial charge in [-0.15, -0.1) is 10.2 Å². The highest BCUT2D eigenvalue weighted by molar-refractivity contribution is 8.01. The van der Waals surface area contributed by atoms with Crippen LogP contribution in [0.3, 0.4) is 0 Å². The summed E-state index contributed by atoms with van der Waals surface area (Å²) in [4.78, 5) is 18.8. The van der Waals surface area contributed by atoms with Gasteiger partial charge in [-0.05, 0) is 30.4 Å². The Morgan fingerprint density at radius 3 is 2.81 bits per heavy atom. The van der Waals surface area contributed by atoms with Gasteiger partial charge in [-0.3, -0.25) is 4.79 Å². The summed E-state index contributed by atoms with van der Waals surface area (Å²) < 4.78 is 0.858. The summed E-state index contributed by atoms with van der Waals surface area (Å²) in [5.74, 6) is 0.564. The van der Waals surface area contributed by atoms with Crippen LogP contribution in [0.25, 0.3) is 10.9 Å². The number of amides is 1. The van der Waals surface area contributed by atoms with E-state index >= 15 is 0 Å². The fraction of sp³-hybridized carbons (Fsp3) is 0.450. The second-order valence-corrected chi connectivity index (χ2v) is 10.4. The van der Waals surface area contributed by atoms with E-state index in [2.05, 4.69) is 65.1 Å². The molecule has 3 aromatic rings. The third-order valence-corrected chi connectivity index (χ3v) is 6.96. The second kappa shape index (κ2) is 6.95. The van der Waals surface area contributed by atoms with Crippen LogP contribution in [0.1, 0.15) is 43.1 Å². The standard InChI is InChI=1S/C20H24N4OS2/c1-12-22-23-19(27-12)26-11-16(25)24-10-9-14-13-7-5-6-8-15(13)21-17(14)18(24)20(2,3)4/h5-8,18,21H,9-11H2,1-4H3. The molecule has 142 valence electrons. The molecule has 0 fully saturated rings. The van der Waals surface area contributed by atoms with Crippen molar-refractivity contribution in [2.75, 3.05) is 12.3 Å². The van der Waals surface area contributed by atoms with Crippen LogP contribution in [0.5, 0.6) is 0 Å². The lowest BCUT2D eigenvalue weighted by atomic mass is 9.79. The fourth-order valence-electron chi connectivity index (χ4n) is 3.95. The lowest BCUT2D eigenvalue weighted by Crippen LogP contribution is -2.46. The molecule has 1 N–H and O–H groups in total. The molecule has 1 aromatic carbocycles. The van der Waals surface area contributed by atoms with Crippen molar-refractivity contribution >= 4 is 39.9 Å². The third-order valence-electron chi connectivity index (χ3n) is 5.00. The maximum Gasteiger partial charge on any atom is 0.233 e. The lowest BCUT2D eigenvalue weighted by molar-refractivity contribution is -0.134. The minimum Gasteiger partial charge on any atom is -0.356 e. The molecule has 0 spiro atoms. The minimum atomic E-state index is -0.0598. The molecule has 0 radical (unpaired) electrons. The molecule has 5 nitrogen and oxygen atoms in total. The minimum absolute atomic E-state index is 0.0397. The number of aromatic amines is 1. The molecule has 0 bridgehead atoms. The first-order chi connectivity index (χ1) is 12.8. The van der Waals surface area contributed by atoms with Gasteiger partial charge in [0.05, 0.1) is 11.8 Å². The summed E-state index contributed by atoms with van der Waals surface area (Å²) in [6, 6.07) is 8.47. The van der Waals surface area contributed by atoms with Crippen LogP contribution in [-0.2, 0) is 11.2 Å². The van der Waals surface area contributed by atoms with Crippen molar-refractivity contribution in [1.82, 2.24) is 20.1 Å². The number of aromatic nitrogens is 3. The van der Waals surface area contributed by atoms with Crippen LogP contribution in [0.15, 0.2) is 28.6 Å². The summed E-state index contributed by atoms with van der Waals surface area (Å²) in [5.41, 5.74) is 3.65. The Morgan fingerprint density at radius 1 is 1.33 bits per heavy atom. The van der Waals surface area contributed by atoms with Gasteiger partial charge in [0.15, 0.2) is 4.34 Å². The van der Waals surface area contributed by atoms with E-state index in [1.54, 1.807) is 0 Å². The van der Waals surface area contributed by atoms with Gasteiger partial charge in [0, 0.05) is 23.1 Å². The number of carbonyl (C=O) groups excluding carboxylic acids is 1. The van der Waals surface area contributed by atoms with Crippen molar-refractivity contribution < 1.29 is 4.79 Å². The van der Waals surface area contributed by atoms with Gasteiger partial charge in [-0.1, -0.05) is 62.1 Å². The molecule has 1 aliphatic rings. The number of carbonyl (C=O) groups is 1. The number of benzene rings is 1. The normalized spacial score (nSPS) is 17.3. The number of fused-ring (bicyclic) bond motifs is 3. The summed E-state index contributed by atoms with van der Waals surface area (Å²) >= 11 is 3.02. The molecule has 2 aromatic heterocycles. The summed E-state index contributed by atoms with van der Waals surface area (Å²) in [5, 5.41) is 10.4. The maximum atomic E-state index is 13.1. The van der Waals surface area contributed by atoms with E-state index in [1.165, 1.54) is 39.7 Å². The molecule has 0 aliphatic carbocycles. The molecule has 7 heteroatoms. The Kier molecular flexibility index (Phi) is 4.76. The van der Waals surface area contributed by atoms with Crippen LogP contribution in [-0.4, -0.2) is 38.3 Å². The quantitative estimate of drug-likeness (QED) is 0.653. The molecule has 27 heavy (non-hydrogen) atoms. The van der Waals surface area contributed by atoms with E-state index in [-0.39, 0.29) is 17.4 Å². The van der Waals surface area contributed by atoms with Crippen molar-refractivity contribution in [3.05, 3.63) is 40.5 Å². The molecule has 1 atom stereocenters. The SMILES string of the molecule is Cc1nnc(SCC(=O)N2CCc3c([nH]c4ccccc34)C2C(C)(C)C)s1. The predicted octanol–water partition coefficient (Wildman–Crippen LogP) is 4.59. The number of thioether (sulfide) groups is 1. The number of H-pyrrole nitrogens is 1. The highest BCUT2D eigenvalue weighted by Gasteiger charge is 2.40. The highest BCUT2D eigenvalue weighted by Crippen LogP contribution is 2.44. The van der Waals surface area contributed by atoms with Gasteiger partial charge in [0.2, 0.25) is 5.91 Å². The van der Waals surface area contributed by atoms with E-state index in [1.807, 2.05) is 6.92 Å². The van der Waals surface area contributed by atoms with Crippen LogP contribution in [0.2, 0.25) is 0 Å². The van der Waals surface area contributed by atoms with E-state index < -0.39 is 0 Å². The summed E-state index contributed by atoms with van der Waals surface area (Å²) in [6.45, 7) is 9.31. The van der Waals surface area contributed by atoms with Gasteiger partial charge < -0.3 is 9.88 Å². The van der Waals surface area contributed by atoms with E-state index in [4.69, 9.17) is 0 Å². The van der Waals surface area contributed by atoms with Crippen molar-refractivity contribution in [1.29, 1.82) is 0 Å². The van der Waals surface area contributed by atoms with Crippen molar-refractivity contribution in [3.63, 3.8) is 0 Å². The van der Waals surface area contributed by atoms with Crippen LogP contribution in [0, 0.1) is 12.3 Å². The summed E-state index contributed by atoms with van der Waals surface area (Å²) in [7, 11) is 0. The van der Waals surface area contributed by atoms with Crippen molar-refractivity contribution in [3.8, 4) is 0 Å². The Morgan fingerprint density at radius 2 is 2.11 bits per heavy atom. The van der Waals surface area contributed by atoms with Gasteiger partial charge >= 0.3 is 0 Å². The number of hydrogen-bond acceptors (Lipinski definition) is 5. The van der Waals surface area contributed by atoms with Gasteiger partial charge in [0.25, 0.3) is 0 Å². The van der Waals surface area contributed by atoms with Gasteiger partial charge in [0.1, 0.15) is 5.01 Å². The molecule has 4 rings (SSSR count). The molecule has 1 amide bonds. The van der Waals surface area contributed by atoms with Crippen molar-refractivity contribution in [2.45, 2.75) is 44.5 Å². The van der Waals surface area contributed by atoms with E-state index in [9.17, 15) is 4.79 Å². The molecule has 0 saturated carbocycles. The Labute approximate surface area is 167 Å². The zero-order chi connectivity index (χ0) is 19.2. The monoisotopic (exact) mass is 400 g/mol. The molecule has 1 aliphatic heterocycles. The number of nitrogens with one attached hydrogen (secondary N) is 1. The van der Waals surface area contributed by atoms with Gasteiger partial charge in [-0.2, -0.15) is 0 Å². The van der Waals surface area contributed by atoms with Crippen LogP contribution < -0.4 is 0 Å². The average molecular weight is 401 g/mol. The van der Waals surface area contributed by atoms with E-state index in [0.29, 0.717) is 5.75 Å². The fourth-order valence-corrected chi connectivity index (χ4v) is 5.65. The van der Waals surface area contributed by atoms with Gasteiger partial charge in [-0.25, -0.2) is 0 Å². The number of aryl methyl sites for hydroxylation is 1. The molecule has 3 heterocycles. The average Bonchev–Trinajstić information content (AvgIpc) is 3.20. The third kappa shape index (κ3) is 3.50. The number of hydrogen-bond donors (Lipinski definition) is 1. The lowest BCUT2D eigenvalue weighted by Gasteiger charge is -2.43. The van der Waals surface area contributed by atoms with Crippen LogP contribution >= 0.6 is 23.1 Å². The topological polar surface area (TPSA) is 61.9 Å². The molecule has 0 saturated heterocycles. The predicted molar refractivity (Wildman–Crippen MR) is 111 cm³/mol. The molecule has 1 unspecified atom stereocenters. The Balaban J connectivity index is 1.63. The number of nitrogens with zero attached hydrogens (tertiary/aromatic N) is 3. The number of rotatable bonds is 3. The Hall–Kier alpha value is -1.86. The maximum absolute atomic E-state index is 13.1. The van der Waals surface area contributed by atoms with Crippen molar-refractivity contribution in [2.24, 2.45) is 5.41 Å². The summed E-state index contributed by atoms with van der Waals surface area (Å²) in [6.07, 6.45) is 0.889. The smallest absolute Gasteiger partial charge is 0.233 e.